The van der Waals surface area contributed by atoms with Crippen LogP contribution < -0.4 is 10.1 Å². The number of carbonyl (C=O) groups is 1. The Morgan fingerprint density at radius 3 is 2.76 bits per heavy atom. The Balaban J connectivity index is 1.49. The fourth-order valence-electron chi connectivity index (χ4n) is 3.57. The third-order valence-corrected chi connectivity index (χ3v) is 5.16. The Hall–Kier alpha value is -2.90. The van der Waals surface area contributed by atoms with Gasteiger partial charge in [-0.05, 0) is 43.3 Å². The number of ether oxygens (including phenoxy) is 2. The van der Waals surface area contributed by atoms with E-state index >= 15 is 0 Å². The fourth-order valence-corrected chi connectivity index (χ4v) is 3.57. The maximum Gasteiger partial charge on any atom is 0.269 e. The molecule has 2 aromatic heterocycles. The van der Waals surface area contributed by atoms with Gasteiger partial charge in [-0.3, -0.25) is 9.69 Å². The predicted molar refractivity (Wildman–Crippen MR) is 109 cm³/mol. The van der Waals surface area contributed by atoms with Crippen LogP contribution in [-0.2, 0) is 4.74 Å². The number of rotatable bonds is 6. The number of nitrogens with one attached hydrogen (secondary N) is 1. The first kappa shape index (κ1) is 19.4. The average Bonchev–Trinajstić information content (AvgIpc) is 3.19. The van der Waals surface area contributed by atoms with E-state index < -0.39 is 0 Å². The van der Waals surface area contributed by atoms with E-state index in [9.17, 15) is 4.79 Å². The average molecular weight is 395 g/mol. The molecule has 1 saturated heterocycles. The van der Waals surface area contributed by atoms with E-state index in [2.05, 4.69) is 15.2 Å². The summed E-state index contributed by atoms with van der Waals surface area (Å²) in [6, 6.07) is 13.1. The number of hydrogen-bond acceptors (Lipinski definition) is 6. The van der Waals surface area contributed by atoms with Crippen molar-refractivity contribution in [1.29, 1.82) is 0 Å². The number of nitrogens with zero attached hydrogens (tertiary/aromatic N) is 2. The molecule has 152 valence electrons. The predicted octanol–water partition coefficient (Wildman–Crippen LogP) is 2.95. The summed E-state index contributed by atoms with van der Waals surface area (Å²) in [4.78, 5) is 19.5. The molecule has 4 rings (SSSR count). The summed E-state index contributed by atoms with van der Waals surface area (Å²) in [5.74, 6) is 2.27. The largest absolute Gasteiger partial charge is 0.497 e. The number of furan rings is 1. The maximum absolute atomic E-state index is 12.8. The molecule has 1 unspecified atom stereocenters. The lowest BCUT2D eigenvalue weighted by Gasteiger charge is -2.33. The number of benzene rings is 1. The highest BCUT2D eigenvalue weighted by Crippen LogP contribution is 2.24. The molecule has 0 spiro atoms. The van der Waals surface area contributed by atoms with Crippen LogP contribution in [0.25, 0.3) is 10.9 Å². The summed E-state index contributed by atoms with van der Waals surface area (Å²) in [5, 5.41) is 3.95. The molecule has 0 radical (unpaired) electrons. The van der Waals surface area contributed by atoms with E-state index in [1.807, 2.05) is 43.3 Å². The first-order valence-corrected chi connectivity index (χ1v) is 9.75. The molecule has 7 heteroatoms. The zero-order chi connectivity index (χ0) is 20.2. The molecule has 29 heavy (non-hydrogen) atoms. The van der Waals surface area contributed by atoms with E-state index in [0.717, 1.165) is 41.3 Å². The van der Waals surface area contributed by atoms with Gasteiger partial charge in [0, 0.05) is 25.0 Å². The summed E-state index contributed by atoms with van der Waals surface area (Å²) in [6.07, 6.45) is 0. The number of aromatic nitrogens is 1. The highest BCUT2D eigenvalue weighted by molar-refractivity contribution is 5.95. The maximum atomic E-state index is 12.8. The number of fused-ring (bicyclic) bond motifs is 1. The zero-order valence-corrected chi connectivity index (χ0v) is 16.7. The molecule has 1 amide bonds. The number of pyridine rings is 1. The minimum absolute atomic E-state index is 0.0405. The Labute approximate surface area is 169 Å². The molecule has 0 aliphatic carbocycles. The van der Waals surface area contributed by atoms with Crippen molar-refractivity contribution in [2.75, 3.05) is 40.0 Å². The van der Waals surface area contributed by atoms with E-state index in [4.69, 9.17) is 13.9 Å². The quantitative estimate of drug-likeness (QED) is 0.692. The van der Waals surface area contributed by atoms with Crippen LogP contribution in [0, 0.1) is 6.92 Å². The van der Waals surface area contributed by atoms with Crippen molar-refractivity contribution < 1.29 is 18.7 Å². The zero-order valence-electron chi connectivity index (χ0n) is 16.7. The van der Waals surface area contributed by atoms with Gasteiger partial charge in [-0.25, -0.2) is 4.98 Å². The summed E-state index contributed by atoms with van der Waals surface area (Å²) in [6.45, 7) is 5.33. The van der Waals surface area contributed by atoms with Crippen molar-refractivity contribution >= 4 is 16.8 Å². The second-order valence-electron chi connectivity index (χ2n) is 7.08. The van der Waals surface area contributed by atoms with Crippen molar-refractivity contribution in [1.82, 2.24) is 15.2 Å². The normalized spacial score (nSPS) is 15.9. The number of hydrogen-bond donors (Lipinski definition) is 1. The molecule has 1 aromatic carbocycles. The van der Waals surface area contributed by atoms with Crippen LogP contribution in [0.15, 0.2) is 46.9 Å². The van der Waals surface area contributed by atoms with Gasteiger partial charge in [0.15, 0.2) is 0 Å². The van der Waals surface area contributed by atoms with Gasteiger partial charge in [-0.15, -0.1) is 0 Å². The van der Waals surface area contributed by atoms with Crippen molar-refractivity contribution in [3.63, 3.8) is 0 Å². The van der Waals surface area contributed by atoms with Crippen molar-refractivity contribution in [3.8, 4) is 5.75 Å². The lowest BCUT2D eigenvalue weighted by Crippen LogP contribution is -2.43. The Kier molecular flexibility index (Phi) is 5.78. The molecular weight excluding hydrogens is 370 g/mol. The fraction of sp³-hybridized carbons (Fsp3) is 0.364. The van der Waals surface area contributed by atoms with E-state index in [-0.39, 0.29) is 11.9 Å². The SMILES string of the molecule is COc1ccc2nc(C(=O)NCC(c3ccc(C)o3)N3CCOCC3)ccc2c1. The van der Waals surface area contributed by atoms with Crippen LogP contribution in [0.1, 0.15) is 28.1 Å². The van der Waals surface area contributed by atoms with Crippen LogP contribution >= 0.6 is 0 Å². The van der Waals surface area contributed by atoms with Crippen molar-refractivity contribution in [2.45, 2.75) is 13.0 Å². The Morgan fingerprint density at radius 1 is 1.21 bits per heavy atom. The summed E-state index contributed by atoms with van der Waals surface area (Å²) < 4.78 is 16.6. The third-order valence-electron chi connectivity index (χ3n) is 5.16. The van der Waals surface area contributed by atoms with Gasteiger partial charge in [0.1, 0.15) is 23.0 Å². The van der Waals surface area contributed by atoms with Crippen molar-refractivity contribution in [2.24, 2.45) is 0 Å². The van der Waals surface area contributed by atoms with Gasteiger partial charge < -0.3 is 19.2 Å². The number of aryl methyl sites for hydroxylation is 1. The van der Waals surface area contributed by atoms with E-state index in [1.165, 1.54) is 0 Å². The molecule has 3 heterocycles. The smallest absolute Gasteiger partial charge is 0.269 e. The molecule has 0 saturated carbocycles. The van der Waals surface area contributed by atoms with Crippen LogP contribution in [0.5, 0.6) is 5.75 Å². The van der Waals surface area contributed by atoms with Crippen molar-refractivity contribution in [3.05, 3.63) is 59.7 Å². The molecule has 1 N–H and O–H groups in total. The molecular formula is C22H25N3O4. The van der Waals surface area contributed by atoms with Gasteiger partial charge in [0.25, 0.3) is 5.91 Å². The van der Waals surface area contributed by atoms with Crippen LogP contribution in [-0.4, -0.2) is 55.7 Å². The van der Waals surface area contributed by atoms with E-state index in [0.29, 0.717) is 25.5 Å². The topological polar surface area (TPSA) is 76.8 Å². The highest BCUT2D eigenvalue weighted by Gasteiger charge is 2.26. The summed E-state index contributed by atoms with van der Waals surface area (Å²) >= 11 is 0. The van der Waals surface area contributed by atoms with Gasteiger partial charge in [-0.1, -0.05) is 6.07 Å². The second kappa shape index (κ2) is 8.63. The first-order chi connectivity index (χ1) is 14.1. The molecule has 1 aliphatic heterocycles. The van der Waals surface area contributed by atoms with Gasteiger partial charge in [0.2, 0.25) is 0 Å². The lowest BCUT2D eigenvalue weighted by atomic mass is 10.1. The number of carbonyl (C=O) groups excluding carboxylic acids is 1. The number of amides is 1. The minimum Gasteiger partial charge on any atom is -0.497 e. The summed E-state index contributed by atoms with van der Waals surface area (Å²) in [7, 11) is 1.63. The lowest BCUT2D eigenvalue weighted by molar-refractivity contribution is 0.0117. The second-order valence-corrected chi connectivity index (χ2v) is 7.08. The van der Waals surface area contributed by atoms with Crippen LogP contribution in [0.2, 0.25) is 0 Å². The molecule has 0 bridgehead atoms. The van der Waals surface area contributed by atoms with Gasteiger partial charge >= 0.3 is 0 Å². The van der Waals surface area contributed by atoms with Gasteiger partial charge in [-0.2, -0.15) is 0 Å². The molecule has 1 atom stereocenters. The Morgan fingerprint density at radius 2 is 2.03 bits per heavy atom. The van der Waals surface area contributed by atoms with Crippen LogP contribution in [0.3, 0.4) is 0 Å². The molecule has 1 aliphatic rings. The highest BCUT2D eigenvalue weighted by atomic mass is 16.5. The number of morpholine rings is 1. The molecule has 7 nitrogen and oxygen atoms in total. The Bertz CT molecular complexity index is 995. The van der Waals surface area contributed by atoms with E-state index in [1.54, 1.807) is 13.2 Å². The summed E-state index contributed by atoms with van der Waals surface area (Å²) in [5.41, 5.74) is 1.14. The van der Waals surface area contributed by atoms with Gasteiger partial charge in [0.05, 0.1) is 31.9 Å². The van der Waals surface area contributed by atoms with Crippen LogP contribution in [0.4, 0.5) is 0 Å². The first-order valence-electron chi connectivity index (χ1n) is 9.75. The number of methoxy groups -OCH3 is 1. The molecule has 1 fully saturated rings. The standard InChI is InChI=1S/C22H25N3O4/c1-15-3-8-21(29-15)20(25-9-11-28-12-10-25)14-23-22(26)19-6-4-16-13-17(27-2)5-7-18(16)24-19/h3-8,13,20H,9-12,14H2,1-2H3,(H,23,26). The monoisotopic (exact) mass is 395 g/mol. The minimum atomic E-state index is -0.204. The third kappa shape index (κ3) is 4.41. The molecule has 3 aromatic rings.